The van der Waals surface area contributed by atoms with E-state index < -0.39 is 0 Å². The predicted octanol–water partition coefficient (Wildman–Crippen LogP) is 1.96. The molecule has 1 heterocycles. The summed E-state index contributed by atoms with van der Waals surface area (Å²) in [7, 11) is 1.70. The quantitative estimate of drug-likeness (QED) is 0.666. The van der Waals surface area contributed by atoms with E-state index >= 15 is 0 Å². The molecule has 1 aromatic carbocycles. The molecule has 0 saturated carbocycles. The first-order valence-electron chi connectivity index (χ1n) is 6.40. The van der Waals surface area contributed by atoms with Gasteiger partial charge in [0.25, 0.3) is 0 Å². The minimum absolute atomic E-state index is 0.685. The second-order valence-electron chi connectivity index (χ2n) is 4.52. The van der Waals surface area contributed by atoms with Crippen molar-refractivity contribution in [2.24, 2.45) is 0 Å². The number of methoxy groups -OCH3 is 1. The summed E-state index contributed by atoms with van der Waals surface area (Å²) >= 11 is 5.44. The molecule has 0 spiro atoms. The molecule has 0 bridgehead atoms. The molecule has 18 heavy (non-hydrogen) atoms. The van der Waals surface area contributed by atoms with Gasteiger partial charge < -0.3 is 15.0 Å². The standard InChI is InChI=1S/C14H20N2OS/c1-17-10-8-15-14(18)16-9-4-7-12-5-2-3-6-13(12)11-16/h2-3,5-6H,4,7-11H2,1H3,(H,15,18). The van der Waals surface area contributed by atoms with Crippen LogP contribution in [-0.4, -0.2) is 36.8 Å². The van der Waals surface area contributed by atoms with E-state index in [4.69, 9.17) is 17.0 Å². The van der Waals surface area contributed by atoms with E-state index in [1.54, 1.807) is 7.11 Å². The summed E-state index contributed by atoms with van der Waals surface area (Å²) in [5, 5.41) is 4.08. The molecule has 0 aliphatic carbocycles. The first-order chi connectivity index (χ1) is 8.81. The molecule has 0 unspecified atom stereocenters. The normalized spacial score (nSPS) is 14.8. The van der Waals surface area contributed by atoms with Crippen LogP contribution in [0.15, 0.2) is 24.3 Å². The van der Waals surface area contributed by atoms with Gasteiger partial charge in [-0.25, -0.2) is 0 Å². The van der Waals surface area contributed by atoms with Gasteiger partial charge in [0.2, 0.25) is 0 Å². The monoisotopic (exact) mass is 264 g/mol. The van der Waals surface area contributed by atoms with Gasteiger partial charge in [-0.05, 0) is 36.2 Å². The Labute approximate surface area is 114 Å². The van der Waals surface area contributed by atoms with Gasteiger partial charge in [0.15, 0.2) is 5.11 Å². The fourth-order valence-electron chi connectivity index (χ4n) is 2.25. The van der Waals surface area contributed by atoms with Crippen LogP contribution < -0.4 is 5.32 Å². The minimum atomic E-state index is 0.685. The Morgan fingerprint density at radius 2 is 2.17 bits per heavy atom. The molecular weight excluding hydrogens is 244 g/mol. The second kappa shape index (κ2) is 6.71. The van der Waals surface area contributed by atoms with Crippen LogP contribution in [0.1, 0.15) is 17.5 Å². The SMILES string of the molecule is COCCNC(=S)N1CCCc2ccccc2C1. The van der Waals surface area contributed by atoms with E-state index in [0.29, 0.717) is 6.61 Å². The van der Waals surface area contributed by atoms with Crippen LogP contribution in [0.25, 0.3) is 0 Å². The van der Waals surface area contributed by atoms with E-state index in [1.807, 2.05) is 0 Å². The predicted molar refractivity (Wildman–Crippen MR) is 77.6 cm³/mol. The summed E-state index contributed by atoms with van der Waals surface area (Å²) in [4.78, 5) is 2.25. The minimum Gasteiger partial charge on any atom is -0.383 e. The number of fused-ring (bicyclic) bond motifs is 1. The molecule has 0 amide bonds. The third-order valence-electron chi connectivity index (χ3n) is 3.22. The van der Waals surface area contributed by atoms with E-state index in [1.165, 1.54) is 11.1 Å². The van der Waals surface area contributed by atoms with Crippen LogP contribution in [-0.2, 0) is 17.7 Å². The first kappa shape index (κ1) is 13.3. The molecular formula is C14H20N2OS. The van der Waals surface area contributed by atoms with Crippen molar-refractivity contribution in [2.75, 3.05) is 26.8 Å². The Hall–Kier alpha value is -1.13. The Morgan fingerprint density at radius 1 is 1.39 bits per heavy atom. The van der Waals surface area contributed by atoms with Crippen molar-refractivity contribution in [1.29, 1.82) is 0 Å². The summed E-state index contributed by atoms with van der Waals surface area (Å²) in [5.41, 5.74) is 2.85. The van der Waals surface area contributed by atoms with E-state index in [-0.39, 0.29) is 0 Å². The molecule has 0 fully saturated rings. The Morgan fingerprint density at radius 3 is 2.94 bits per heavy atom. The van der Waals surface area contributed by atoms with Crippen molar-refractivity contribution in [2.45, 2.75) is 19.4 Å². The molecule has 98 valence electrons. The molecule has 1 aliphatic heterocycles. The number of nitrogens with zero attached hydrogens (tertiary/aromatic N) is 1. The molecule has 1 aliphatic rings. The Kier molecular flexibility index (Phi) is 4.96. The van der Waals surface area contributed by atoms with Crippen LogP contribution >= 0.6 is 12.2 Å². The van der Waals surface area contributed by atoms with Crippen molar-refractivity contribution in [3.05, 3.63) is 35.4 Å². The lowest BCUT2D eigenvalue weighted by Crippen LogP contribution is -2.40. The summed E-state index contributed by atoms with van der Waals surface area (Å²) < 4.78 is 5.02. The smallest absolute Gasteiger partial charge is 0.169 e. The largest absolute Gasteiger partial charge is 0.383 e. The molecule has 2 rings (SSSR count). The van der Waals surface area contributed by atoms with Crippen LogP contribution in [0.2, 0.25) is 0 Å². The van der Waals surface area contributed by atoms with Crippen LogP contribution in [0.4, 0.5) is 0 Å². The van der Waals surface area contributed by atoms with E-state index in [0.717, 1.165) is 37.6 Å². The maximum Gasteiger partial charge on any atom is 0.169 e. The van der Waals surface area contributed by atoms with Crippen molar-refractivity contribution in [3.63, 3.8) is 0 Å². The molecule has 1 aromatic rings. The number of aryl methyl sites for hydroxylation is 1. The first-order valence-corrected chi connectivity index (χ1v) is 6.80. The zero-order chi connectivity index (χ0) is 12.8. The highest BCUT2D eigenvalue weighted by atomic mass is 32.1. The number of hydrogen-bond acceptors (Lipinski definition) is 2. The van der Waals surface area contributed by atoms with Gasteiger partial charge >= 0.3 is 0 Å². The zero-order valence-electron chi connectivity index (χ0n) is 10.8. The zero-order valence-corrected chi connectivity index (χ0v) is 11.6. The summed E-state index contributed by atoms with van der Waals surface area (Å²) in [6.45, 7) is 3.39. The number of hydrogen-bond donors (Lipinski definition) is 1. The van der Waals surface area contributed by atoms with Gasteiger partial charge in [-0.3, -0.25) is 0 Å². The lowest BCUT2D eigenvalue weighted by molar-refractivity contribution is 0.203. The number of ether oxygens (including phenoxy) is 1. The summed E-state index contributed by atoms with van der Waals surface area (Å²) in [5.74, 6) is 0. The third-order valence-corrected chi connectivity index (χ3v) is 3.63. The molecule has 1 N–H and O–H groups in total. The topological polar surface area (TPSA) is 24.5 Å². The van der Waals surface area contributed by atoms with Crippen molar-refractivity contribution >= 4 is 17.3 Å². The second-order valence-corrected chi connectivity index (χ2v) is 4.91. The maximum atomic E-state index is 5.44. The fraction of sp³-hybridized carbons (Fsp3) is 0.500. The number of rotatable bonds is 3. The molecule has 0 saturated heterocycles. The van der Waals surface area contributed by atoms with Crippen LogP contribution in [0, 0.1) is 0 Å². The van der Waals surface area contributed by atoms with E-state index in [9.17, 15) is 0 Å². The summed E-state index contributed by atoms with van der Waals surface area (Å²) in [6.07, 6.45) is 2.30. The Bertz CT molecular complexity index is 409. The highest BCUT2D eigenvalue weighted by molar-refractivity contribution is 7.80. The van der Waals surface area contributed by atoms with Gasteiger partial charge in [0.05, 0.1) is 6.61 Å². The van der Waals surface area contributed by atoms with Gasteiger partial charge in [0, 0.05) is 26.7 Å². The number of thiocarbonyl (C=S) groups is 1. The maximum absolute atomic E-state index is 5.44. The average Bonchev–Trinajstić information content (AvgIpc) is 2.61. The van der Waals surface area contributed by atoms with Gasteiger partial charge in [-0.15, -0.1) is 0 Å². The summed E-state index contributed by atoms with van der Waals surface area (Å²) in [6, 6.07) is 8.64. The van der Waals surface area contributed by atoms with Crippen molar-refractivity contribution in [1.82, 2.24) is 10.2 Å². The lowest BCUT2D eigenvalue weighted by Gasteiger charge is -2.24. The van der Waals surface area contributed by atoms with Crippen molar-refractivity contribution in [3.8, 4) is 0 Å². The average molecular weight is 264 g/mol. The van der Waals surface area contributed by atoms with Crippen LogP contribution in [0.3, 0.4) is 0 Å². The molecule has 0 atom stereocenters. The molecule has 0 radical (unpaired) electrons. The molecule has 3 nitrogen and oxygen atoms in total. The highest BCUT2D eigenvalue weighted by Gasteiger charge is 2.15. The molecule has 0 aromatic heterocycles. The number of benzene rings is 1. The van der Waals surface area contributed by atoms with Gasteiger partial charge in [-0.1, -0.05) is 24.3 Å². The number of nitrogens with one attached hydrogen (secondary N) is 1. The van der Waals surface area contributed by atoms with E-state index in [2.05, 4.69) is 34.5 Å². The fourth-order valence-corrected chi connectivity index (χ4v) is 2.50. The van der Waals surface area contributed by atoms with Gasteiger partial charge in [-0.2, -0.15) is 0 Å². The lowest BCUT2D eigenvalue weighted by atomic mass is 10.0. The highest BCUT2D eigenvalue weighted by Crippen LogP contribution is 2.18. The third kappa shape index (κ3) is 3.43. The van der Waals surface area contributed by atoms with Crippen molar-refractivity contribution < 1.29 is 4.74 Å². The Balaban J connectivity index is 1.97. The van der Waals surface area contributed by atoms with Gasteiger partial charge in [0.1, 0.15) is 0 Å². The van der Waals surface area contributed by atoms with Crippen LogP contribution in [0.5, 0.6) is 0 Å². The molecule has 4 heteroatoms.